The first-order chi connectivity index (χ1) is 8.13. The van der Waals surface area contributed by atoms with Crippen LogP contribution in [0.5, 0.6) is 0 Å². The number of hydrogen-bond donors (Lipinski definition) is 1. The lowest BCUT2D eigenvalue weighted by atomic mass is 9.96. The summed E-state index contributed by atoms with van der Waals surface area (Å²) in [6, 6.07) is 0. The van der Waals surface area contributed by atoms with E-state index in [4.69, 9.17) is 5.11 Å². The molecule has 4 nitrogen and oxygen atoms in total. The molecule has 4 heteroatoms. The van der Waals surface area contributed by atoms with Gasteiger partial charge in [0.25, 0.3) is 0 Å². The molecule has 17 heavy (non-hydrogen) atoms. The molecule has 0 aromatic rings. The first-order valence-corrected chi connectivity index (χ1v) is 6.59. The van der Waals surface area contributed by atoms with Crippen LogP contribution in [-0.4, -0.2) is 35.0 Å². The Hall–Kier alpha value is -0.900. The van der Waals surface area contributed by atoms with Crippen molar-refractivity contribution in [2.75, 3.05) is 13.2 Å². The third-order valence-corrected chi connectivity index (χ3v) is 4.05. The summed E-state index contributed by atoms with van der Waals surface area (Å²) in [5, 5.41) is 8.92. The molecule has 3 atom stereocenters. The number of carbonyl (C=O) groups excluding carboxylic acids is 2. The molecule has 2 aliphatic rings. The molecule has 0 spiro atoms. The maximum Gasteiger partial charge on any atom is 0.232 e. The SMILES string of the molecule is CC(CO)CCCN1C(=O)C2CCC(C2)C1=O. The average molecular weight is 239 g/mol. The van der Waals surface area contributed by atoms with E-state index in [0.29, 0.717) is 6.54 Å². The molecule has 3 unspecified atom stereocenters. The first kappa shape index (κ1) is 12.6. The van der Waals surface area contributed by atoms with Crippen molar-refractivity contribution in [3.05, 3.63) is 0 Å². The summed E-state index contributed by atoms with van der Waals surface area (Å²) >= 11 is 0. The van der Waals surface area contributed by atoms with Crippen LogP contribution in [0.3, 0.4) is 0 Å². The van der Waals surface area contributed by atoms with Gasteiger partial charge in [0, 0.05) is 25.0 Å². The minimum atomic E-state index is 0.0420. The van der Waals surface area contributed by atoms with E-state index in [1.807, 2.05) is 6.92 Å². The number of carbonyl (C=O) groups is 2. The van der Waals surface area contributed by atoms with Crippen molar-refractivity contribution in [1.29, 1.82) is 0 Å². The third kappa shape index (κ3) is 2.51. The summed E-state index contributed by atoms with van der Waals surface area (Å²) < 4.78 is 0. The highest BCUT2D eigenvalue weighted by atomic mass is 16.3. The fourth-order valence-electron chi connectivity index (χ4n) is 2.89. The normalized spacial score (nSPS) is 29.9. The van der Waals surface area contributed by atoms with Crippen LogP contribution in [0.15, 0.2) is 0 Å². The molecule has 0 aromatic carbocycles. The number of rotatable bonds is 5. The number of aliphatic hydroxyl groups excluding tert-OH is 1. The molecule has 2 amide bonds. The van der Waals surface area contributed by atoms with Gasteiger partial charge in [-0.1, -0.05) is 6.92 Å². The molecule has 1 aliphatic heterocycles. The van der Waals surface area contributed by atoms with Crippen molar-refractivity contribution in [2.45, 2.75) is 39.0 Å². The predicted molar refractivity (Wildman–Crippen MR) is 63.0 cm³/mol. The van der Waals surface area contributed by atoms with Gasteiger partial charge in [-0.25, -0.2) is 0 Å². The average Bonchev–Trinajstić information content (AvgIpc) is 2.78. The second kappa shape index (κ2) is 5.17. The Morgan fingerprint density at radius 1 is 1.29 bits per heavy atom. The lowest BCUT2D eigenvalue weighted by Gasteiger charge is -2.29. The summed E-state index contributed by atoms with van der Waals surface area (Å²) in [5.41, 5.74) is 0. The van der Waals surface area contributed by atoms with Crippen LogP contribution in [-0.2, 0) is 9.59 Å². The number of piperidine rings is 1. The summed E-state index contributed by atoms with van der Waals surface area (Å²) in [6.45, 7) is 2.69. The van der Waals surface area contributed by atoms with Gasteiger partial charge in [0.15, 0.2) is 0 Å². The van der Waals surface area contributed by atoms with Crippen molar-refractivity contribution in [2.24, 2.45) is 17.8 Å². The van der Waals surface area contributed by atoms with Gasteiger partial charge >= 0.3 is 0 Å². The van der Waals surface area contributed by atoms with Crippen molar-refractivity contribution < 1.29 is 14.7 Å². The van der Waals surface area contributed by atoms with Crippen molar-refractivity contribution in [3.8, 4) is 0 Å². The van der Waals surface area contributed by atoms with E-state index in [1.54, 1.807) is 0 Å². The molecule has 1 saturated heterocycles. The highest BCUT2D eigenvalue weighted by Crippen LogP contribution is 2.38. The lowest BCUT2D eigenvalue weighted by Crippen LogP contribution is -2.46. The molecular weight excluding hydrogens is 218 g/mol. The Morgan fingerprint density at radius 2 is 1.88 bits per heavy atom. The van der Waals surface area contributed by atoms with Gasteiger partial charge in [0.1, 0.15) is 0 Å². The number of fused-ring (bicyclic) bond motifs is 2. The molecular formula is C13H21NO3. The molecule has 1 heterocycles. The highest BCUT2D eigenvalue weighted by Gasteiger charge is 2.44. The van der Waals surface area contributed by atoms with Crippen molar-refractivity contribution in [3.63, 3.8) is 0 Å². The largest absolute Gasteiger partial charge is 0.396 e. The topological polar surface area (TPSA) is 57.6 Å². The molecule has 0 aromatic heterocycles. The number of likely N-dealkylation sites (tertiary alicyclic amines) is 1. The van der Waals surface area contributed by atoms with E-state index in [9.17, 15) is 9.59 Å². The van der Waals surface area contributed by atoms with Crippen LogP contribution in [0.2, 0.25) is 0 Å². The monoisotopic (exact) mass is 239 g/mol. The van der Waals surface area contributed by atoms with E-state index in [-0.39, 0.29) is 36.2 Å². The summed E-state index contributed by atoms with van der Waals surface area (Å²) in [4.78, 5) is 25.5. The number of nitrogens with zero attached hydrogens (tertiary/aromatic N) is 1. The van der Waals surface area contributed by atoms with Gasteiger partial charge in [0.2, 0.25) is 11.8 Å². The standard InChI is InChI=1S/C13H21NO3/c1-9(8-15)3-2-6-14-12(16)10-4-5-11(7-10)13(14)17/h9-11,15H,2-8H2,1H3. The summed E-state index contributed by atoms with van der Waals surface area (Å²) in [7, 11) is 0. The fraction of sp³-hybridized carbons (Fsp3) is 0.846. The van der Waals surface area contributed by atoms with Crippen molar-refractivity contribution >= 4 is 11.8 Å². The molecule has 0 radical (unpaired) electrons. The Labute approximate surface area is 102 Å². The Morgan fingerprint density at radius 3 is 2.41 bits per heavy atom. The molecule has 2 bridgehead atoms. The minimum absolute atomic E-state index is 0.0420. The van der Waals surface area contributed by atoms with Crippen LogP contribution in [0, 0.1) is 17.8 Å². The van der Waals surface area contributed by atoms with E-state index in [0.717, 1.165) is 32.1 Å². The van der Waals surface area contributed by atoms with Crippen molar-refractivity contribution in [1.82, 2.24) is 4.90 Å². The molecule has 1 N–H and O–H groups in total. The Balaban J connectivity index is 1.87. The van der Waals surface area contributed by atoms with E-state index in [1.165, 1.54) is 4.90 Å². The quantitative estimate of drug-likeness (QED) is 0.733. The zero-order chi connectivity index (χ0) is 12.4. The highest BCUT2D eigenvalue weighted by molar-refractivity contribution is 6.00. The maximum atomic E-state index is 12.0. The number of aliphatic hydroxyl groups is 1. The van der Waals surface area contributed by atoms with Gasteiger partial charge in [-0.15, -0.1) is 0 Å². The number of hydrogen-bond acceptors (Lipinski definition) is 3. The van der Waals surface area contributed by atoms with E-state index in [2.05, 4.69) is 0 Å². The second-order valence-electron chi connectivity index (χ2n) is 5.46. The van der Waals surface area contributed by atoms with Gasteiger partial charge in [0.05, 0.1) is 0 Å². The Bertz CT molecular complexity index is 294. The van der Waals surface area contributed by atoms with Gasteiger partial charge < -0.3 is 5.11 Å². The number of imide groups is 1. The Kier molecular flexibility index (Phi) is 3.82. The smallest absolute Gasteiger partial charge is 0.232 e. The van der Waals surface area contributed by atoms with Gasteiger partial charge in [-0.05, 0) is 38.0 Å². The van der Waals surface area contributed by atoms with Crippen LogP contribution in [0.25, 0.3) is 0 Å². The molecule has 1 aliphatic carbocycles. The third-order valence-electron chi connectivity index (χ3n) is 4.05. The first-order valence-electron chi connectivity index (χ1n) is 6.59. The maximum absolute atomic E-state index is 12.0. The van der Waals surface area contributed by atoms with Crippen LogP contribution in [0.1, 0.15) is 39.0 Å². The van der Waals surface area contributed by atoms with Crippen LogP contribution < -0.4 is 0 Å². The lowest BCUT2D eigenvalue weighted by molar-refractivity contribution is -0.152. The predicted octanol–water partition coefficient (Wildman–Crippen LogP) is 1.18. The zero-order valence-electron chi connectivity index (χ0n) is 10.4. The van der Waals surface area contributed by atoms with Gasteiger partial charge in [-0.3, -0.25) is 14.5 Å². The molecule has 1 saturated carbocycles. The second-order valence-corrected chi connectivity index (χ2v) is 5.46. The fourth-order valence-corrected chi connectivity index (χ4v) is 2.89. The van der Waals surface area contributed by atoms with E-state index >= 15 is 0 Å². The molecule has 2 rings (SSSR count). The molecule has 2 fully saturated rings. The number of amides is 2. The summed E-state index contributed by atoms with van der Waals surface area (Å²) in [5.74, 6) is 0.545. The van der Waals surface area contributed by atoms with E-state index < -0.39 is 0 Å². The van der Waals surface area contributed by atoms with Crippen LogP contribution in [0.4, 0.5) is 0 Å². The minimum Gasteiger partial charge on any atom is -0.396 e. The zero-order valence-corrected chi connectivity index (χ0v) is 10.4. The van der Waals surface area contributed by atoms with Crippen LogP contribution >= 0.6 is 0 Å². The van der Waals surface area contributed by atoms with Gasteiger partial charge in [-0.2, -0.15) is 0 Å². The molecule has 96 valence electrons. The summed E-state index contributed by atoms with van der Waals surface area (Å²) in [6.07, 6.45) is 4.22.